The Morgan fingerprint density at radius 3 is 2.48 bits per heavy atom. The first kappa shape index (κ1) is 16.5. The molecule has 0 unspecified atom stereocenters. The lowest BCUT2D eigenvalue weighted by Gasteiger charge is -2.18. The molecule has 0 saturated heterocycles. The van der Waals surface area contributed by atoms with Crippen LogP contribution in [-0.4, -0.2) is 11.7 Å². The Morgan fingerprint density at radius 2 is 1.72 bits per heavy atom. The van der Waals surface area contributed by atoms with Crippen LogP contribution in [0.4, 0.5) is 11.4 Å². The minimum atomic E-state index is 0.120. The maximum absolute atomic E-state index is 9.30. The Balaban J connectivity index is 1.33. The van der Waals surface area contributed by atoms with Gasteiger partial charge in [-0.05, 0) is 53.3 Å². The average Bonchev–Trinajstić information content (AvgIpc) is 3.31. The van der Waals surface area contributed by atoms with Crippen LogP contribution < -0.4 is 10.2 Å². The zero-order chi connectivity index (χ0) is 17.1. The molecule has 0 atom stereocenters. The van der Waals surface area contributed by atoms with Crippen molar-refractivity contribution in [2.45, 2.75) is 51.8 Å². The molecule has 4 rings (SSSR count). The quantitative estimate of drug-likeness (QED) is 0.803. The number of rotatable bonds is 6. The van der Waals surface area contributed by atoms with Gasteiger partial charge in [0.15, 0.2) is 0 Å². The standard InChI is InChI=1S/C22H28N2O/c25-16-18-5-6-19-14-24(15-20(19)13-18)22-9-7-21(8-10-22)23-12-11-17-3-1-2-4-17/h5-10,13,17,23,25H,1-4,11-12,14-16H2. The van der Waals surface area contributed by atoms with Crippen molar-refractivity contribution < 1.29 is 5.11 Å². The maximum Gasteiger partial charge on any atom is 0.0681 e. The predicted molar refractivity (Wildman–Crippen MR) is 104 cm³/mol. The summed E-state index contributed by atoms with van der Waals surface area (Å²) in [5, 5.41) is 12.9. The van der Waals surface area contributed by atoms with Crippen molar-refractivity contribution in [1.29, 1.82) is 0 Å². The van der Waals surface area contributed by atoms with Gasteiger partial charge in [0.05, 0.1) is 6.61 Å². The van der Waals surface area contributed by atoms with E-state index in [1.807, 2.05) is 6.07 Å². The van der Waals surface area contributed by atoms with Crippen molar-refractivity contribution in [3.63, 3.8) is 0 Å². The van der Waals surface area contributed by atoms with Crippen molar-refractivity contribution in [3.05, 3.63) is 59.2 Å². The zero-order valence-corrected chi connectivity index (χ0v) is 14.9. The first-order valence-electron chi connectivity index (χ1n) is 9.62. The van der Waals surface area contributed by atoms with Gasteiger partial charge in [-0.2, -0.15) is 0 Å². The van der Waals surface area contributed by atoms with Gasteiger partial charge in [-0.15, -0.1) is 0 Å². The van der Waals surface area contributed by atoms with E-state index < -0.39 is 0 Å². The number of benzene rings is 2. The third-order valence-corrected chi connectivity index (χ3v) is 5.76. The second-order valence-corrected chi connectivity index (χ2v) is 7.53. The van der Waals surface area contributed by atoms with Gasteiger partial charge in [-0.1, -0.05) is 43.9 Å². The summed E-state index contributed by atoms with van der Waals surface area (Å²) in [6.45, 7) is 3.09. The normalized spacial score (nSPS) is 17.1. The molecule has 2 N–H and O–H groups in total. The van der Waals surface area contributed by atoms with Gasteiger partial charge >= 0.3 is 0 Å². The molecule has 1 heterocycles. The summed E-state index contributed by atoms with van der Waals surface area (Å²) in [5.74, 6) is 0.943. The highest BCUT2D eigenvalue weighted by molar-refractivity contribution is 5.57. The number of anilines is 2. The predicted octanol–water partition coefficient (Wildman–Crippen LogP) is 4.69. The van der Waals surface area contributed by atoms with Gasteiger partial charge in [-0.3, -0.25) is 0 Å². The van der Waals surface area contributed by atoms with E-state index in [9.17, 15) is 5.11 Å². The summed E-state index contributed by atoms with van der Waals surface area (Å²) in [7, 11) is 0. The Kier molecular flexibility index (Phi) is 4.93. The highest BCUT2D eigenvalue weighted by atomic mass is 16.3. The molecule has 1 aliphatic carbocycles. The van der Waals surface area contributed by atoms with Crippen molar-refractivity contribution >= 4 is 11.4 Å². The maximum atomic E-state index is 9.30. The molecule has 2 aliphatic rings. The number of nitrogens with one attached hydrogen (secondary N) is 1. The lowest BCUT2D eigenvalue weighted by Crippen LogP contribution is -2.14. The van der Waals surface area contributed by atoms with Crippen molar-refractivity contribution in [1.82, 2.24) is 0 Å². The summed E-state index contributed by atoms with van der Waals surface area (Å²) in [5.41, 5.74) is 6.20. The van der Waals surface area contributed by atoms with E-state index >= 15 is 0 Å². The molecule has 2 aromatic rings. The number of fused-ring (bicyclic) bond motifs is 1. The number of hydrogen-bond donors (Lipinski definition) is 2. The van der Waals surface area contributed by atoms with Crippen LogP contribution in [0.5, 0.6) is 0 Å². The number of aliphatic hydroxyl groups is 1. The van der Waals surface area contributed by atoms with Crippen LogP contribution in [0.15, 0.2) is 42.5 Å². The van der Waals surface area contributed by atoms with E-state index in [4.69, 9.17) is 0 Å². The zero-order valence-electron chi connectivity index (χ0n) is 14.9. The van der Waals surface area contributed by atoms with E-state index in [1.54, 1.807) is 0 Å². The molecule has 1 saturated carbocycles. The molecule has 0 bridgehead atoms. The van der Waals surface area contributed by atoms with E-state index in [2.05, 4.69) is 46.6 Å². The van der Waals surface area contributed by atoms with Gasteiger partial charge in [-0.25, -0.2) is 0 Å². The summed E-state index contributed by atoms with van der Waals surface area (Å²) >= 11 is 0. The number of nitrogens with zero attached hydrogens (tertiary/aromatic N) is 1. The molecule has 0 amide bonds. The molecule has 132 valence electrons. The number of hydrogen-bond acceptors (Lipinski definition) is 3. The fourth-order valence-corrected chi connectivity index (χ4v) is 4.24. The molecule has 2 aromatic carbocycles. The highest BCUT2D eigenvalue weighted by Crippen LogP contribution is 2.30. The highest BCUT2D eigenvalue weighted by Gasteiger charge is 2.19. The SMILES string of the molecule is OCc1ccc2c(c1)CN(c1ccc(NCCC3CCCC3)cc1)C2. The fraction of sp³-hybridized carbons (Fsp3) is 0.455. The van der Waals surface area contributed by atoms with Gasteiger partial charge in [0.1, 0.15) is 0 Å². The van der Waals surface area contributed by atoms with Gasteiger partial charge in [0, 0.05) is 31.0 Å². The third-order valence-electron chi connectivity index (χ3n) is 5.76. The average molecular weight is 336 g/mol. The van der Waals surface area contributed by atoms with Gasteiger partial charge < -0.3 is 15.3 Å². The minimum Gasteiger partial charge on any atom is -0.392 e. The Hall–Kier alpha value is -2.00. The Morgan fingerprint density at radius 1 is 0.960 bits per heavy atom. The molecular formula is C22H28N2O. The van der Waals surface area contributed by atoms with E-state index in [0.717, 1.165) is 31.1 Å². The van der Waals surface area contributed by atoms with Gasteiger partial charge in [0.25, 0.3) is 0 Å². The third kappa shape index (κ3) is 3.82. The molecule has 3 nitrogen and oxygen atoms in total. The van der Waals surface area contributed by atoms with Crippen LogP contribution >= 0.6 is 0 Å². The molecule has 25 heavy (non-hydrogen) atoms. The van der Waals surface area contributed by atoms with Crippen LogP contribution in [0, 0.1) is 5.92 Å². The Labute approximate surface area is 150 Å². The van der Waals surface area contributed by atoms with Crippen LogP contribution in [0.3, 0.4) is 0 Å². The first-order chi connectivity index (χ1) is 12.3. The molecule has 1 fully saturated rings. The van der Waals surface area contributed by atoms with Crippen LogP contribution in [0.2, 0.25) is 0 Å². The second kappa shape index (κ2) is 7.49. The van der Waals surface area contributed by atoms with Crippen molar-refractivity contribution in [3.8, 4) is 0 Å². The van der Waals surface area contributed by atoms with E-state index in [1.165, 1.54) is 54.6 Å². The monoisotopic (exact) mass is 336 g/mol. The van der Waals surface area contributed by atoms with Crippen LogP contribution in [0.25, 0.3) is 0 Å². The molecular weight excluding hydrogens is 308 g/mol. The molecule has 0 spiro atoms. The van der Waals surface area contributed by atoms with Crippen molar-refractivity contribution in [2.75, 3.05) is 16.8 Å². The van der Waals surface area contributed by atoms with E-state index in [-0.39, 0.29) is 6.61 Å². The summed E-state index contributed by atoms with van der Waals surface area (Å²) in [4.78, 5) is 2.40. The van der Waals surface area contributed by atoms with Gasteiger partial charge in [0.2, 0.25) is 0 Å². The molecule has 0 aromatic heterocycles. The largest absolute Gasteiger partial charge is 0.392 e. The van der Waals surface area contributed by atoms with E-state index in [0.29, 0.717) is 0 Å². The molecule has 0 radical (unpaired) electrons. The van der Waals surface area contributed by atoms with Crippen LogP contribution in [0.1, 0.15) is 48.8 Å². The lowest BCUT2D eigenvalue weighted by molar-refractivity contribution is 0.281. The minimum absolute atomic E-state index is 0.120. The summed E-state index contributed by atoms with van der Waals surface area (Å²) in [6.07, 6.45) is 7.01. The molecule has 1 aliphatic heterocycles. The lowest BCUT2D eigenvalue weighted by atomic mass is 10.0. The van der Waals surface area contributed by atoms with Crippen LogP contribution in [-0.2, 0) is 19.7 Å². The topological polar surface area (TPSA) is 35.5 Å². The summed E-state index contributed by atoms with van der Waals surface area (Å²) < 4.78 is 0. The smallest absolute Gasteiger partial charge is 0.0681 e. The molecule has 3 heteroatoms. The number of aliphatic hydroxyl groups excluding tert-OH is 1. The van der Waals surface area contributed by atoms with Crippen molar-refractivity contribution in [2.24, 2.45) is 5.92 Å². The Bertz CT molecular complexity index is 704. The second-order valence-electron chi connectivity index (χ2n) is 7.53. The fourth-order valence-electron chi connectivity index (χ4n) is 4.24. The summed E-state index contributed by atoms with van der Waals surface area (Å²) in [6, 6.07) is 15.2. The first-order valence-corrected chi connectivity index (χ1v) is 9.62.